The molecule has 0 aromatic carbocycles. The van der Waals surface area contributed by atoms with Crippen LogP contribution in [-0.4, -0.2) is 18.2 Å². The molecule has 0 amide bonds. The van der Waals surface area contributed by atoms with E-state index in [1.807, 2.05) is 32.0 Å². The van der Waals surface area contributed by atoms with Gasteiger partial charge in [-0.05, 0) is 26.0 Å². The fourth-order valence-electron chi connectivity index (χ4n) is 1.09. The number of hydrogen-bond donors (Lipinski definition) is 0. The van der Waals surface area contributed by atoms with E-state index < -0.39 is 0 Å². The van der Waals surface area contributed by atoms with E-state index in [0.29, 0.717) is 13.2 Å². The Morgan fingerprint density at radius 1 is 1.21 bits per heavy atom. The summed E-state index contributed by atoms with van der Waals surface area (Å²) in [4.78, 5) is 4.38. The van der Waals surface area contributed by atoms with Crippen LogP contribution in [0.5, 0.6) is 0 Å². The minimum absolute atomic E-state index is 0.239. The molecule has 78 valence electrons. The summed E-state index contributed by atoms with van der Waals surface area (Å²) in [7, 11) is 1.67. The summed E-state index contributed by atoms with van der Waals surface area (Å²) < 4.78 is 10.5. The summed E-state index contributed by atoms with van der Waals surface area (Å²) in [5, 5.41) is 0. The van der Waals surface area contributed by atoms with Crippen molar-refractivity contribution in [2.75, 3.05) is 7.11 Å². The third kappa shape index (κ3) is 3.85. The van der Waals surface area contributed by atoms with Crippen LogP contribution in [0, 0.1) is 0 Å². The first kappa shape index (κ1) is 11.1. The van der Waals surface area contributed by atoms with Crippen molar-refractivity contribution in [3.8, 4) is 0 Å². The second-order valence-electron chi connectivity index (χ2n) is 3.41. The van der Waals surface area contributed by atoms with Crippen molar-refractivity contribution in [3.63, 3.8) is 0 Å². The molecule has 1 aromatic rings. The van der Waals surface area contributed by atoms with Crippen LogP contribution in [0.4, 0.5) is 0 Å². The zero-order valence-corrected chi connectivity index (χ0v) is 8.99. The number of methoxy groups -OCH3 is 1. The second kappa shape index (κ2) is 5.73. The lowest BCUT2D eigenvalue weighted by Gasteiger charge is -2.07. The van der Waals surface area contributed by atoms with Crippen LogP contribution in [0.15, 0.2) is 18.2 Å². The third-order valence-corrected chi connectivity index (χ3v) is 1.72. The Morgan fingerprint density at radius 3 is 2.43 bits per heavy atom. The van der Waals surface area contributed by atoms with E-state index in [9.17, 15) is 0 Å². The molecule has 0 radical (unpaired) electrons. The lowest BCUT2D eigenvalue weighted by atomic mass is 10.3. The average molecular weight is 195 g/mol. The molecule has 0 fully saturated rings. The molecule has 0 saturated heterocycles. The summed E-state index contributed by atoms with van der Waals surface area (Å²) in [5.41, 5.74) is 1.89. The first-order valence-electron chi connectivity index (χ1n) is 4.77. The van der Waals surface area contributed by atoms with Gasteiger partial charge in [-0.3, -0.25) is 4.98 Å². The lowest BCUT2D eigenvalue weighted by Crippen LogP contribution is -2.04. The Labute approximate surface area is 85.1 Å². The van der Waals surface area contributed by atoms with E-state index in [-0.39, 0.29) is 6.10 Å². The van der Waals surface area contributed by atoms with Gasteiger partial charge >= 0.3 is 0 Å². The maximum atomic E-state index is 5.46. The summed E-state index contributed by atoms with van der Waals surface area (Å²) in [6, 6.07) is 5.88. The molecule has 3 nitrogen and oxygen atoms in total. The summed E-state index contributed by atoms with van der Waals surface area (Å²) in [5.74, 6) is 0. The van der Waals surface area contributed by atoms with Crippen molar-refractivity contribution in [1.82, 2.24) is 4.98 Å². The molecule has 1 heterocycles. The van der Waals surface area contributed by atoms with E-state index in [1.165, 1.54) is 0 Å². The van der Waals surface area contributed by atoms with Gasteiger partial charge in [-0.15, -0.1) is 0 Å². The molecule has 0 aliphatic heterocycles. The molecular weight excluding hydrogens is 178 g/mol. The Hall–Kier alpha value is -0.930. The van der Waals surface area contributed by atoms with E-state index in [0.717, 1.165) is 11.4 Å². The van der Waals surface area contributed by atoms with Crippen LogP contribution in [0.25, 0.3) is 0 Å². The zero-order valence-electron chi connectivity index (χ0n) is 8.99. The lowest BCUT2D eigenvalue weighted by molar-refractivity contribution is 0.0632. The highest BCUT2D eigenvalue weighted by atomic mass is 16.5. The SMILES string of the molecule is COCc1cccc(COC(C)C)n1. The van der Waals surface area contributed by atoms with Gasteiger partial charge in [0.2, 0.25) is 0 Å². The molecular formula is C11H17NO2. The highest BCUT2D eigenvalue weighted by Gasteiger charge is 1.99. The van der Waals surface area contributed by atoms with Crippen LogP contribution < -0.4 is 0 Å². The fraction of sp³-hybridized carbons (Fsp3) is 0.545. The predicted molar refractivity (Wildman–Crippen MR) is 54.9 cm³/mol. The molecule has 0 atom stereocenters. The zero-order chi connectivity index (χ0) is 10.4. The minimum Gasteiger partial charge on any atom is -0.378 e. The molecule has 0 aliphatic rings. The van der Waals surface area contributed by atoms with Crippen molar-refractivity contribution >= 4 is 0 Å². The number of hydrogen-bond acceptors (Lipinski definition) is 3. The Bertz CT molecular complexity index is 274. The summed E-state index contributed by atoms with van der Waals surface area (Å²) in [6.07, 6.45) is 0.239. The molecule has 0 unspecified atom stereocenters. The van der Waals surface area contributed by atoms with Gasteiger partial charge in [0.15, 0.2) is 0 Å². The van der Waals surface area contributed by atoms with E-state index in [1.54, 1.807) is 7.11 Å². The van der Waals surface area contributed by atoms with Crippen molar-refractivity contribution in [2.24, 2.45) is 0 Å². The highest BCUT2D eigenvalue weighted by Crippen LogP contribution is 2.03. The van der Waals surface area contributed by atoms with Crippen LogP contribution in [0.3, 0.4) is 0 Å². The Balaban J connectivity index is 2.54. The van der Waals surface area contributed by atoms with Crippen LogP contribution in [-0.2, 0) is 22.7 Å². The van der Waals surface area contributed by atoms with Gasteiger partial charge in [0, 0.05) is 7.11 Å². The number of ether oxygens (including phenoxy) is 2. The third-order valence-electron chi connectivity index (χ3n) is 1.72. The smallest absolute Gasteiger partial charge is 0.0891 e. The first-order valence-corrected chi connectivity index (χ1v) is 4.77. The maximum absolute atomic E-state index is 5.46. The molecule has 0 N–H and O–H groups in total. The largest absolute Gasteiger partial charge is 0.378 e. The topological polar surface area (TPSA) is 31.4 Å². The van der Waals surface area contributed by atoms with Crippen molar-refractivity contribution in [2.45, 2.75) is 33.2 Å². The van der Waals surface area contributed by atoms with E-state index in [4.69, 9.17) is 9.47 Å². The quantitative estimate of drug-likeness (QED) is 0.721. The highest BCUT2D eigenvalue weighted by molar-refractivity contribution is 5.09. The molecule has 0 bridgehead atoms. The summed E-state index contributed by atoms with van der Waals surface area (Å²) >= 11 is 0. The standard InChI is InChI=1S/C11H17NO2/c1-9(2)14-8-11-6-4-5-10(12-11)7-13-3/h4-6,9H,7-8H2,1-3H3. The Kier molecular flexibility index (Phi) is 4.56. The molecule has 1 rings (SSSR count). The number of aromatic nitrogens is 1. The van der Waals surface area contributed by atoms with Crippen molar-refractivity contribution in [1.29, 1.82) is 0 Å². The number of pyridine rings is 1. The van der Waals surface area contributed by atoms with Gasteiger partial charge in [-0.2, -0.15) is 0 Å². The summed E-state index contributed by atoms with van der Waals surface area (Å²) in [6.45, 7) is 5.14. The van der Waals surface area contributed by atoms with E-state index in [2.05, 4.69) is 4.98 Å². The minimum atomic E-state index is 0.239. The number of rotatable bonds is 5. The monoisotopic (exact) mass is 195 g/mol. The molecule has 3 heteroatoms. The van der Waals surface area contributed by atoms with Gasteiger partial charge in [0.05, 0.1) is 30.7 Å². The molecule has 1 aromatic heterocycles. The van der Waals surface area contributed by atoms with Gasteiger partial charge in [0.1, 0.15) is 0 Å². The molecule has 14 heavy (non-hydrogen) atoms. The first-order chi connectivity index (χ1) is 6.72. The molecule has 0 saturated carbocycles. The second-order valence-corrected chi connectivity index (χ2v) is 3.41. The van der Waals surface area contributed by atoms with E-state index >= 15 is 0 Å². The van der Waals surface area contributed by atoms with Gasteiger partial charge in [-0.1, -0.05) is 6.07 Å². The molecule has 0 aliphatic carbocycles. The fourth-order valence-corrected chi connectivity index (χ4v) is 1.09. The van der Waals surface area contributed by atoms with Crippen LogP contribution in [0.1, 0.15) is 25.2 Å². The van der Waals surface area contributed by atoms with Gasteiger partial charge in [-0.25, -0.2) is 0 Å². The van der Waals surface area contributed by atoms with Gasteiger partial charge in [0.25, 0.3) is 0 Å². The average Bonchev–Trinajstić information content (AvgIpc) is 2.16. The van der Waals surface area contributed by atoms with Crippen LogP contribution in [0.2, 0.25) is 0 Å². The Morgan fingerprint density at radius 2 is 1.86 bits per heavy atom. The maximum Gasteiger partial charge on any atom is 0.0891 e. The number of nitrogens with zero attached hydrogens (tertiary/aromatic N) is 1. The van der Waals surface area contributed by atoms with Gasteiger partial charge < -0.3 is 9.47 Å². The predicted octanol–water partition coefficient (Wildman–Crippen LogP) is 2.15. The van der Waals surface area contributed by atoms with Crippen molar-refractivity contribution in [3.05, 3.63) is 29.6 Å². The normalized spacial score (nSPS) is 10.9. The van der Waals surface area contributed by atoms with Crippen molar-refractivity contribution < 1.29 is 9.47 Å². The molecule has 0 spiro atoms. The van der Waals surface area contributed by atoms with Crippen LogP contribution >= 0.6 is 0 Å².